The number of rotatable bonds is 4. The molecule has 2 aromatic heterocycles. The number of piperidine rings is 1. The maximum Gasteiger partial charge on any atom is 0.225 e. The van der Waals surface area contributed by atoms with Gasteiger partial charge in [0.05, 0.1) is 17.6 Å². The molecule has 5 rings (SSSR count). The Balaban J connectivity index is 1.11. The quantitative estimate of drug-likeness (QED) is 0.654. The number of halogens is 1. The summed E-state index contributed by atoms with van der Waals surface area (Å²) in [7, 11) is 0. The summed E-state index contributed by atoms with van der Waals surface area (Å²) in [5.41, 5.74) is 3.34. The van der Waals surface area contributed by atoms with Gasteiger partial charge in [-0.3, -0.25) is 9.69 Å². The maximum atomic E-state index is 13.1. The third-order valence-corrected chi connectivity index (χ3v) is 6.73. The highest BCUT2D eigenvalue weighted by atomic mass is 35.5. The predicted molar refractivity (Wildman–Crippen MR) is 125 cm³/mol. The highest BCUT2D eigenvalue weighted by molar-refractivity contribution is 6.29. The molecule has 0 saturated carbocycles. The van der Waals surface area contributed by atoms with Gasteiger partial charge in [-0.2, -0.15) is 0 Å². The van der Waals surface area contributed by atoms with Gasteiger partial charge in [-0.05, 0) is 62.7 Å². The number of nitrogens with one attached hydrogen (secondary N) is 1. The first-order chi connectivity index (χ1) is 15.5. The molecule has 0 bridgehead atoms. The fourth-order valence-corrected chi connectivity index (χ4v) is 4.79. The molecule has 2 saturated heterocycles. The lowest BCUT2D eigenvalue weighted by molar-refractivity contribution is -0.137. The van der Waals surface area contributed by atoms with Crippen molar-refractivity contribution in [3.05, 3.63) is 46.9 Å². The first-order valence-electron chi connectivity index (χ1n) is 11.3. The lowest BCUT2D eigenvalue weighted by Crippen LogP contribution is -2.51. The monoisotopic (exact) mass is 453 g/mol. The molecule has 1 amide bonds. The van der Waals surface area contributed by atoms with E-state index in [1.165, 1.54) is 5.56 Å². The number of nitrogens with zero attached hydrogens (tertiary/aromatic N) is 6. The summed E-state index contributed by atoms with van der Waals surface area (Å²) in [6, 6.07) is 9.92. The number of hydrogen-bond donors (Lipinski definition) is 1. The van der Waals surface area contributed by atoms with Crippen molar-refractivity contribution in [1.29, 1.82) is 0 Å². The molecule has 8 nitrogen and oxygen atoms in total. The molecule has 0 atom stereocenters. The van der Waals surface area contributed by atoms with E-state index in [4.69, 9.17) is 16.6 Å². The predicted octanol–water partition coefficient (Wildman–Crippen LogP) is 2.88. The average molecular weight is 454 g/mol. The van der Waals surface area contributed by atoms with Crippen molar-refractivity contribution in [2.24, 2.45) is 5.92 Å². The van der Waals surface area contributed by atoms with Crippen molar-refractivity contribution < 1.29 is 4.79 Å². The Bertz CT molecular complexity index is 1080. The molecule has 3 aromatic rings. The summed E-state index contributed by atoms with van der Waals surface area (Å²) in [5.74, 6) is 2.23. The number of likely N-dealkylation sites (tertiary alicyclic amines) is 1. The molecule has 0 unspecified atom stereocenters. The summed E-state index contributed by atoms with van der Waals surface area (Å²) >= 11 is 5.83. The maximum absolute atomic E-state index is 13.1. The Kier molecular flexibility index (Phi) is 5.97. The minimum atomic E-state index is 0.117. The van der Waals surface area contributed by atoms with E-state index in [-0.39, 0.29) is 5.92 Å². The third kappa shape index (κ3) is 4.56. The lowest BCUT2D eigenvalue weighted by Gasteiger charge is -2.38. The Hall–Kier alpha value is -2.71. The van der Waals surface area contributed by atoms with Gasteiger partial charge in [-0.15, -0.1) is 10.2 Å². The van der Waals surface area contributed by atoms with E-state index < -0.39 is 0 Å². The minimum absolute atomic E-state index is 0.117. The second kappa shape index (κ2) is 9.03. The number of carbonyl (C=O) groups is 1. The highest BCUT2D eigenvalue weighted by Gasteiger charge is 2.31. The SMILES string of the molecule is Cc1ccc2nc(CN3CCC(C(=O)N4CCN(c5ccc(Cl)nn5)CC4)CC3)[nH]c2c1. The van der Waals surface area contributed by atoms with E-state index in [1.807, 2.05) is 11.0 Å². The molecule has 168 valence electrons. The molecule has 4 heterocycles. The zero-order valence-electron chi connectivity index (χ0n) is 18.3. The number of aromatic nitrogens is 4. The van der Waals surface area contributed by atoms with Crippen LogP contribution in [0.3, 0.4) is 0 Å². The van der Waals surface area contributed by atoms with E-state index in [0.717, 1.165) is 81.3 Å². The van der Waals surface area contributed by atoms with Crippen molar-refractivity contribution in [1.82, 2.24) is 30.0 Å². The molecular formula is C23H28ClN7O. The van der Waals surface area contributed by atoms with Crippen molar-refractivity contribution in [3.8, 4) is 0 Å². The summed E-state index contributed by atoms with van der Waals surface area (Å²) in [4.78, 5) is 27.8. The Morgan fingerprint density at radius 2 is 1.84 bits per heavy atom. The zero-order chi connectivity index (χ0) is 22.1. The van der Waals surface area contributed by atoms with Crippen LogP contribution in [0.1, 0.15) is 24.2 Å². The van der Waals surface area contributed by atoms with Gasteiger partial charge in [-0.1, -0.05) is 17.7 Å². The number of aromatic amines is 1. The largest absolute Gasteiger partial charge is 0.352 e. The molecule has 2 aliphatic heterocycles. The number of carbonyl (C=O) groups excluding carboxylic acids is 1. The van der Waals surface area contributed by atoms with Crippen LogP contribution >= 0.6 is 11.6 Å². The van der Waals surface area contributed by atoms with E-state index in [1.54, 1.807) is 6.07 Å². The normalized spacial score (nSPS) is 18.4. The van der Waals surface area contributed by atoms with E-state index in [2.05, 4.69) is 50.1 Å². The first kappa shape index (κ1) is 21.2. The van der Waals surface area contributed by atoms with Crippen molar-refractivity contribution >= 4 is 34.4 Å². The van der Waals surface area contributed by atoms with Crippen molar-refractivity contribution in [3.63, 3.8) is 0 Å². The summed E-state index contributed by atoms with van der Waals surface area (Å²) in [5, 5.41) is 8.46. The van der Waals surface area contributed by atoms with E-state index in [9.17, 15) is 4.79 Å². The fourth-order valence-electron chi connectivity index (χ4n) is 4.69. The van der Waals surface area contributed by atoms with Crippen LogP contribution in [-0.2, 0) is 11.3 Å². The van der Waals surface area contributed by atoms with Crippen LogP contribution in [-0.4, -0.2) is 75.1 Å². The average Bonchev–Trinajstić information content (AvgIpc) is 3.21. The van der Waals surface area contributed by atoms with Crippen molar-refractivity contribution in [2.75, 3.05) is 44.2 Å². The second-order valence-electron chi connectivity index (χ2n) is 8.78. The number of benzene rings is 1. The highest BCUT2D eigenvalue weighted by Crippen LogP contribution is 2.23. The van der Waals surface area contributed by atoms with Gasteiger partial charge in [0.25, 0.3) is 0 Å². The van der Waals surface area contributed by atoms with Crippen LogP contribution in [0, 0.1) is 12.8 Å². The number of H-pyrrole nitrogens is 1. The van der Waals surface area contributed by atoms with Crippen LogP contribution in [0.4, 0.5) is 5.82 Å². The molecule has 1 aromatic carbocycles. The van der Waals surface area contributed by atoms with Gasteiger partial charge >= 0.3 is 0 Å². The van der Waals surface area contributed by atoms with Gasteiger partial charge in [-0.25, -0.2) is 4.98 Å². The van der Waals surface area contributed by atoms with Gasteiger partial charge in [0.1, 0.15) is 5.82 Å². The standard InChI is InChI=1S/C23H28ClN7O/c1-16-2-3-18-19(14-16)26-21(25-18)15-29-8-6-17(7-9-29)23(32)31-12-10-30(11-13-31)22-5-4-20(24)27-28-22/h2-5,14,17H,6-13,15H2,1H3,(H,25,26). The van der Waals surface area contributed by atoms with Crippen LogP contribution in [0.15, 0.2) is 30.3 Å². The van der Waals surface area contributed by atoms with Crippen LogP contribution < -0.4 is 4.90 Å². The van der Waals surface area contributed by atoms with Crippen molar-refractivity contribution in [2.45, 2.75) is 26.3 Å². The van der Waals surface area contributed by atoms with E-state index in [0.29, 0.717) is 11.1 Å². The number of anilines is 1. The summed E-state index contributed by atoms with van der Waals surface area (Å²) < 4.78 is 0. The number of aryl methyl sites for hydroxylation is 1. The second-order valence-corrected chi connectivity index (χ2v) is 9.17. The summed E-state index contributed by atoms with van der Waals surface area (Å²) in [6.07, 6.45) is 1.81. The van der Waals surface area contributed by atoms with Gasteiger partial charge in [0, 0.05) is 32.1 Å². The molecular weight excluding hydrogens is 426 g/mol. The topological polar surface area (TPSA) is 81.2 Å². The Morgan fingerprint density at radius 1 is 1.06 bits per heavy atom. The number of piperazine rings is 1. The first-order valence-corrected chi connectivity index (χ1v) is 11.6. The fraction of sp³-hybridized carbons (Fsp3) is 0.478. The molecule has 2 fully saturated rings. The van der Waals surface area contributed by atoms with Gasteiger partial charge in [0.2, 0.25) is 5.91 Å². The van der Waals surface area contributed by atoms with Crippen LogP contribution in [0.25, 0.3) is 11.0 Å². The minimum Gasteiger partial charge on any atom is -0.352 e. The third-order valence-electron chi connectivity index (χ3n) is 6.53. The molecule has 0 spiro atoms. The number of hydrogen-bond acceptors (Lipinski definition) is 6. The molecule has 0 radical (unpaired) electrons. The van der Waals surface area contributed by atoms with Crippen LogP contribution in [0.2, 0.25) is 5.15 Å². The smallest absolute Gasteiger partial charge is 0.225 e. The zero-order valence-corrected chi connectivity index (χ0v) is 19.1. The van der Waals surface area contributed by atoms with Gasteiger partial charge < -0.3 is 14.8 Å². The Morgan fingerprint density at radius 3 is 2.56 bits per heavy atom. The molecule has 32 heavy (non-hydrogen) atoms. The van der Waals surface area contributed by atoms with Gasteiger partial charge in [0.15, 0.2) is 11.0 Å². The Labute approximate surface area is 192 Å². The lowest BCUT2D eigenvalue weighted by atomic mass is 9.95. The number of fused-ring (bicyclic) bond motifs is 1. The molecule has 2 aliphatic rings. The number of amides is 1. The number of imidazole rings is 1. The summed E-state index contributed by atoms with van der Waals surface area (Å²) in [6.45, 7) is 7.73. The van der Waals surface area contributed by atoms with Crippen LogP contribution in [0.5, 0.6) is 0 Å². The van der Waals surface area contributed by atoms with E-state index >= 15 is 0 Å². The molecule has 1 N–H and O–H groups in total. The molecule has 9 heteroatoms. The molecule has 0 aliphatic carbocycles.